The quantitative estimate of drug-likeness (QED) is 0.645. The Morgan fingerprint density at radius 2 is 1.97 bits per heavy atom. The minimum absolute atomic E-state index is 0.345. The highest BCUT2D eigenvalue weighted by atomic mass is 16.5. The number of pyridine rings is 1. The minimum atomic E-state index is -1.11. The summed E-state index contributed by atoms with van der Waals surface area (Å²) in [6.45, 7) is 10.2. The molecule has 3 heterocycles. The third-order valence-corrected chi connectivity index (χ3v) is 6.99. The fraction of sp³-hybridized carbons (Fsp3) is 0.393. The number of benzene rings is 2. The van der Waals surface area contributed by atoms with Gasteiger partial charge in [-0.2, -0.15) is 0 Å². The van der Waals surface area contributed by atoms with Crippen molar-refractivity contribution in [3.05, 3.63) is 70.4 Å². The average molecular weight is 459 g/mol. The van der Waals surface area contributed by atoms with Crippen LogP contribution in [0.5, 0.6) is 5.75 Å². The number of carboxylic acids is 1. The summed E-state index contributed by atoms with van der Waals surface area (Å²) in [5.41, 5.74) is 2.19. The summed E-state index contributed by atoms with van der Waals surface area (Å²) in [7, 11) is 0. The predicted octanol–water partition coefficient (Wildman–Crippen LogP) is 3.67. The Hall–Kier alpha value is -3.25. The van der Waals surface area contributed by atoms with Crippen LogP contribution in [-0.2, 0) is 16.0 Å². The molecule has 176 valence electrons. The second kappa shape index (κ2) is 7.91. The summed E-state index contributed by atoms with van der Waals surface area (Å²) < 4.78 is 12.2. The first-order valence-electron chi connectivity index (χ1n) is 11.7. The van der Waals surface area contributed by atoms with Gasteiger partial charge in [0.15, 0.2) is 6.10 Å². The Kier molecular flexibility index (Phi) is 5.24. The molecule has 0 amide bonds. The number of ether oxygens (including phenoxy) is 2. The number of rotatable bonds is 4. The van der Waals surface area contributed by atoms with Crippen LogP contribution in [0.1, 0.15) is 45.7 Å². The van der Waals surface area contributed by atoms with Crippen LogP contribution >= 0.6 is 0 Å². The maximum Gasteiger partial charge on any atom is 0.333 e. The van der Waals surface area contributed by atoms with Gasteiger partial charge in [0.05, 0.1) is 34.5 Å². The summed E-state index contributed by atoms with van der Waals surface area (Å²) in [6.07, 6.45) is 1.53. The molecule has 1 aromatic heterocycles. The second-order valence-electron chi connectivity index (χ2n) is 10.3. The molecule has 2 unspecified atom stereocenters. The standard InChI is InChI=1S/C28H30N2O4/c1-16-28(5,25(26(31)32)34-27(2,3)4)23(18-8-6-7-9-20(18)30-16)19-10-11-21-22-17(13-15-33-21)12-14-29-24(19)22/h6-12,14,16,25H,13,15H2,1-5H3,(H,31,32)/t16?,25-,28?/m1/s1. The normalized spacial score (nSPS) is 22.5. The predicted molar refractivity (Wildman–Crippen MR) is 131 cm³/mol. The molecule has 6 heteroatoms. The van der Waals surface area contributed by atoms with Crippen LogP contribution in [0.4, 0.5) is 0 Å². The van der Waals surface area contributed by atoms with Crippen molar-refractivity contribution in [3.63, 3.8) is 0 Å². The number of hydrogen-bond donors (Lipinski definition) is 1. The number of aliphatic carboxylic acids is 1. The molecule has 0 saturated heterocycles. The molecule has 0 fully saturated rings. The van der Waals surface area contributed by atoms with Gasteiger partial charge in [0.1, 0.15) is 5.75 Å². The Labute approximate surface area is 199 Å². The van der Waals surface area contributed by atoms with Crippen LogP contribution in [0.2, 0.25) is 0 Å². The monoisotopic (exact) mass is 458 g/mol. The highest BCUT2D eigenvalue weighted by Gasteiger charge is 2.51. The zero-order chi connectivity index (χ0) is 24.3. The Bertz CT molecular complexity index is 1410. The van der Waals surface area contributed by atoms with E-state index < -0.39 is 23.1 Å². The van der Waals surface area contributed by atoms with Crippen molar-refractivity contribution < 1.29 is 19.4 Å². The van der Waals surface area contributed by atoms with Crippen molar-refractivity contribution in [2.75, 3.05) is 6.61 Å². The van der Waals surface area contributed by atoms with Gasteiger partial charge in [-0.3, -0.25) is 9.98 Å². The van der Waals surface area contributed by atoms with Gasteiger partial charge in [-0.15, -0.1) is 0 Å². The summed E-state index contributed by atoms with van der Waals surface area (Å²) >= 11 is 0. The van der Waals surface area contributed by atoms with E-state index in [9.17, 15) is 9.90 Å². The van der Waals surface area contributed by atoms with Crippen LogP contribution < -0.4 is 15.3 Å². The third kappa shape index (κ3) is 3.48. The number of hydrogen-bond acceptors (Lipinski definition) is 5. The van der Waals surface area contributed by atoms with Gasteiger partial charge < -0.3 is 14.6 Å². The molecule has 0 spiro atoms. The minimum Gasteiger partial charge on any atom is -0.493 e. The zero-order valence-corrected chi connectivity index (χ0v) is 20.3. The molecule has 1 N–H and O–H groups in total. The van der Waals surface area contributed by atoms with Gasteiger partial charge in [0.2, 0.25) is 0 Å². The Morgan fingerprint density at radius 3 is 2.71 bits per heavy atom. The van der Waals surface area contributed by atoms with Crippen LogP contribution in [0.3, 0.4) is 0 Å². The molecule has 2 aliphatic heterocycles. The molecule has 3 atom stereocenters. The van der Waals surface area contributed by atoms with E-state index in [1.165, 1.54) is 5.56 Å². The Balaban J connectivity index is 1.89. The van der Waals surface area contributed by atoms with E-state index in [1.807, 2.05) is 83.3 Å². The van der Waals surface area contributed by atoms with Crippen molar-refractivity contribution >= 4 is 22.4 Å². The first kappa shape index (κ1) is 22.5. The topological polar surface area (TPSA) is 81.0 Å². The fourth-order valence-electron chi connectivity index (χ4n) is 5.31. The van der Waals surface area contributed by atoms with E-state index in [2.05, 4.69) is 0 Å². The molecule has 3 aromatic rings. The maximum absolute atomic E-state index is 12.7. The van der Waals surface area contributed by atoms with E-state index >= 15 is 0 Å². The number of carbonyl (C=O) groups is 1. The number of aromatic nitrogens is 1. The number of carboxylic acid groups (broad SMARTS) is 1. The lowest BCUT2D eigenvalue weighted by Gasteiger charge is -2.44. The highest BCUT2D eigenvalue weighted by molar-refractivity contribution is 5.99. The van der Waals surface area contributed by atoms with E-state index in [4.69, 9.17) is 19.5 Å². The molecule has 0 bridgehead atoms. The van der Waals surface area contributed by atoms with Crippen LogP contribution in [0.25, 0.3) is 16.5 Å². The molecule has 5 rings (SSSR count). The molecule has 0 saturated carbocycles. The lowest BCUT2D eigenvalue weighted by Crippen LogP contribution is -2.55. The van der Waals surface area contributed by atoms with Gasteiger partial charge in [-0.25, -0.2) is 4.79 Å². The Morgan fingerprint density at radius 1 is 1.21 bits per heavy atom. The summed E-state index contributed by atoms with van der Waals surface area (Å²) in [4.78, 5) is 22.5. The molecule has 0 radical (unpaired) electrons. The first-order chi connectivity index (χ1) is 16.1. The largest absolute Gasteiger partial charge is 0.493 e. The van der Waals surface area contributed by atoms with E-state index in [1.54, 1.807) is 0 Å². The van der Waals surface area contributed by atoms with Crippen LogP contribution in [-0.4, -0.2) is 40.4 Å². The van der Waals surface area contributed by atoms with Gasteiger partial charge in [-0.1, -0.05) is 25.1 Å². The lowest BCUT2D eigenvalue weighted by molar-refractivity contribution is -0.171. The molecular weight excluding hydrogens is 428 g/mol. The fourth-order valence-corrected chi connectivity index (χ4v) is 5.31. The molecule has 2 aliphatic rings. The van der Waals surface area contributed by atoms with E-state index in [0.717, 1.165) is 44.8 Å². The van der Waals surface area contributed by atoms with E-state index in [-0.39, 0.29) is 6.04 Å². The van der Waals surface area contributed by atoms with Crippen molar-refractivity contribution in [1.82, 2.24) is 4.98 Å². The smallest absolute Gasteiger partial charge is 0.333 e. The molecule has 2 aromatic carbocycles. The summed E-state index contributed by atoms with van der Waals surface area (Å²) in [6, 6.07) is 13.6. The highest BCUT2D eigenvalue weighted by Crippen LogP contribution is 2.47. The molecule has 0 aliphatic carbocycles. The van der Waals surface area contributed by atoms with Gasteiger partial charge >= 0.3 is 5.97 Å². The third-order valence-electron chi connectivity index (χ3n) is 6.99. The van der Waals surface area contributed by atoms with Gasteiger partial charge in [-0.05, 0) is 63.1 Å². The summed E-state index contributed by atoms with van der Waals surface area (Å²) in [5, 5.41) is 13.2. The van der Waals surface area contributed by atoms with Crippen molar-refractivity contribution in [2.24, 2.45) is 10.4 Å². The summed E-state index contributed by atoms with van der Waals surface area (Å²) in [5.74, 6) is -0.187. The number of fused-ring (bicyclic) bond motifs is 1. The lowest BCUT2D eigenvalue weighted by atomic mass is 9.67. The van der Waals surface area contributed by atoms with Crippen LogP contribution in [0.15, 0.2) is 53.7 Å². The van der Waals surface area contributed by atoms with Crippen LogP contribution in [0, 0.1) is 5.41 Å². The number of para-hydroxylation sites is 1. The van der Waals surface area contributed by atoms with Gasteiger partial charge in [0.25, 0.3) is 0 Å². The number of nitrogens with zero attached hydrogens (tertiary/aromatic N) is 2. The first-order valence-corrected chi connectivity index (χ1v) is 11.7. The zero-order valence-electron chi connectivity index (χ0n) is 20.3. The van der Waals surface area contributed by atoms with Crippen molar-refractivity contribution in [3.8, 4) is 5.75 Å². The maximum atomic E-state index is 12.7. The SMILES string of the molecule is CC1N=c2ccccc2=C(c2ccc3c4c(ccnc24)CCO3)C1(C)[C@H](OC(C)(C)C)C(=O)O. The van der Waals surface area contributed by atoms with Crippen molar-refractivity contribution in [1.29, 1.82) is 0 Å². The average Bonchev–Trinajstić information content (AvgIpc) is 2.79. The molecule has 6 nitrogen and oxygen atoms in total. The molecule has 34 heavy (non-hydrogen) atoms. The van der Waals surface area contributed by atoms with E-state index in [0.29, 0.717) is 6.61 Å². The van der Waals surface area contributed by atoms with Crippen molar-refractivity contribution in [2.45, 2.75) is 58.8 Å². The molecular formula is C28H30N2O4. The van der Waals surface area contributed by atoms with Gasteiger partial charge in [0, 0.05) is 28.8 Å². The second-order valence-corrected chi connectivity index (χ2v) is 10.3.